The average Bonchev–Trinajstić information content (AvgIpc) is 2.60. The zero-order valence-electron chi connectivity index (χ0n) is 16.3. The summed E-state index contributed by atoms with van der Waals surface area (Å²) >= 11 is 0. The first-order valence-corrected chi connectivity index (χ1v) is 10.5. The van der Waals surface area contributed by atoms with E-state index in [2.05, 4.69) is 11.0 Å². The van der Waals surface area contributed by atoms with E-state index in [4.69, 9.17) is 0 Å². The second-order valence-electron chi connectivity index (χ2n) is 7.39. The first kappa shape index (κ1) is 19.1. The second kappa shape index (κ2) is 7.14. The number of piperazine rings is 1. The van der Waals surface area contributed by atoms with E-state index in [1.165, 1.54) is 0 Å². The molecule has 1 aliphatic heterocycles. The van der Waals surface area contributed by atoms with Crippen molar-refractivity contribution >= 4 is 10.0 Å². The van der Waals surface area contributed by atoms with Crippen LogP contribution in [0.25, 0.3) is 0 Å². The van der Waals surface area contributed by atoms with E-state index in [-0.39, 0.29) is 6.04 Å². The lowest BCUT2D eigenvalue weighted by atomic mass is 10.0. The molecule has 0 N–H and O–H groups in total. The van der Waals surface area contributed by atoms with Gasteiger partial charge in [-0.25, -0.2) is 8.42 Å². The van der Waals surface area contributed by atoms with Crippen LogP contribution in [0.15, 0.2) is 41.3 Å². The van der Waals surface area contributed by atoms with Crippen LogP contribution in [0.1, 0.15) is 33.9 Å². The van der Waals surface area contributed by atoms with Crippen LogP contribution in [-0.2, 0) is 10.0 Å². The van der Waals surface area contributed by atoms with Crippen LogP contribution in [0.2, 0.25) is 0 Å². The predicted octanol–water partition coefficient (Wildman–Crippen LogP) is 3.60. The standard InChI is InChI=1S/C21H28N2O2S/c1-15-13-16(2)18(4)21(17(15)3)26(24,25)23-12-11-22(5)14-20(23)19-9-7-6-8-10-19/h6-10,13,20H,11-12,14H2,1-5H3/t20-/m1/s1. The van der Waals surface area contributed by atoms with Gasteiger partial charge in [0.15, 0.2) is 0 Å². The molecule has 0 saturated carbocycles. The summed E-state index contributed by atoms with van der Waals surface area (Å²) in [5, 5.41) is 0. The van der Waals surface area contributed by atoms with E-state index in [0.29, 0.717) is 18.0 Å². The maximum Gasteiger partial charge on any atom is 0.244 e. The van der Waals surface area contributed by atoms with Crippen LogP contribution >= 0.6 is 0 Å². The Morgan fingerprint density at radius 3 is 2.08 bits per heavy atom. The van der Waals surface area contributed by atoms with Gasteiger partial charge in [-0.3, -0.25) is 0 Å². The van der Waals surface area contributed by atoms with Gasteiger partial charge in [-0.05, 0) is 62.6 Å². The third kappa shape index (κ3) is 3.31. The van der Waals surface area contributed by atoms with E-state index in [0.717, 1.165) is 34.4 Å². The summed E-state index contributed by atoms with van der Waals surface area (Å²) in [6, 6.07) is 11.9. The molecule has 0 aliphatic carbocycles. The van der Waals surface area contributed by atoms with E-state index in [1.54, 1.807) is 4.31 Å². The van der Waals surface area contributed by atoms with E-state index < -0.39 is 10.0 Å². The van der Waals surface area contributed by atoms with Gasteiger partial charge in [0, 0.05) is 19.6 Å². The molecule has 1 fully saturated rings. The maximum atomic E-state index is 13.7. The van der Waals surface area contributed by atoms with E-state index >= 15 is 0 Å². The first-order valence-electron chi connectivity index (χ1n) is 9.06. The van der Waals surface area contributed by atoms with Crippen molar-refractivity contribution in [3.63, 3.8) is 0 Å². The maximum absolute atomic E-state index is 13.7. The van der Waals surface area contributed by atoms with Gasteiger partial charge in [-0.15, -0.1) is 0 Å². The Hall–Kier alpha value is -1.69. The summed E-state index contributed by atoms with van der Waals surface area (Å²) < 4.78 is 29.2. The van der Waals surface area contributed by atoms with Gasteiger partial charge < -0.3 is 4.90 Å². The molecule has 0 unspecified atom stereocenters. The van der Waals surface area contributed by atoms with Crippen molar-refractivity contribution in [3.05, 3.63) is 64.2 Å². The monoisotopic (exact) mass is 372 g/mol. The molecule has 0 bridgehead atoms. The topological polar surface area (TPSA) is 40.6 Å². The van der Waals surface area contributed by atoms with Gasteiger partial charge in [-0.2, -0.15) is 4.31 Å². The minimum Gasteiger partial charge on any atom is -0.303 e. The SMILES string of the molecule is Cc1cc(C)c(C)c(S(=O)(=O)N2CCN(C)C[C@@H]2c2ccccc2)c1C. The molecule has 3 rings (SSSR count). The van der Waals surface area contributed by atoms with E-state index in [1.807, 2.05) is 65.1 Å². The summed E-state index contributed by atoms with van der Waals surface area (Å²) in [6.07, 6.45) is 0. The number of benzene rings is 2. The fraction of sp³-hybridized carbons (Fsp3) is 0.429. The zero-order valence-corrected chi connectivity index (χ0v) is 17.1. The van der Waals surface area contributed by atoms with Crippen molar-refractivity contribution < 1.29 is 8.42 Å². The highest BCUT2D eigenvalue weighted by atomic mass is 32.2. The minimum atomic E-state index is -3.58. The quantitative estimate of drug-likeness (QED) is 0.827. The van der Waals surface area contributed by atoms with Crippen molar-refractivity contribution in [2.75, 3.05) is 26.7 Å². The normalized spacial score (nSPS) is 19.7. The van der Waals surface area contributed by atoms with Gasteiger partial charge in [0.1, 0.15) is 0 Å². The predicted molar refractivity (Wildman–Crippen MR) is 106 cm³/mol. The summed E-state index contributed by atoms with van der Waals surface area (Å²) in [5.41, 5.74) is 4.81. The molecule has 1 aliphatic rings. The average molecular weight is 373 g/mol. The van der Waals surface area contributed by atoms with E-state index in [9.17, 15) is 8.42 Å². The highest BCUT2D eigenvalue weighted by molar-refractivity contribution is 7.89. The molecular formula is C21H28N2O2S. The van der Waals surface area contributed by atoms with Crippen molar-refractivity contribution in [3.8, 4) is 0 Å². The van der Waals surface area contributed by atoms with Gasteiger partial charge in [0.25, 0.3) is 0 Å². The number of hydrogen-bond acceptors (Lipinski definition) is 3. The number of nitrogens with zero attached hydrogens (tertiary/aromatic N) is 2. The van der Waals surface area contributed by atoms with Crippen molar-refractivity contribution in [1.82, 2.24) is 9.21 Å². The summed E-state index contributed by atoms with van der Waals surface area (Å²) in [5.74, 6) is 0. The Kier molecular flexibility index (Phi) is 5.24. The van der Waals surface area contributed by atoms with Gasteiger partial charge >= 0.3 is 0 Å². The number of aryl methyl sites for hydroxylation is 2. The number of rotatable bonds is 3. The Morgan fingerprint density at radius 2 is 1.50 bits per heavy atom. The lowest BCUT2D eigenvalue weighted by Crippen LogP contribution is -2.49. The molecule has 2 aromatic rings. The van der Waals surface area contributed by atoms with Gasteiger partial charge in [0.2, 0.25) is 10.0 Å². The third-order valence-corrected chi connectivity index (χ3v) is 7.77. The van der Waals surface area contributed by atoms with Crippen molar-refractivity contribution in [2.45, 2.75) is 38.6 Å². The molecule has 1 atom stereocenters. The molecule has 0 amide bonds. The number of hydrogen-bond donors (Lipinski definition) is 0. The fourth-order valence-electron chi connectivity index (χ4n) is 3.82. The second-order valence-corrected chi connectivity index (χ2v) is 9.22. The van der Waals surface area contributed by atoms with Crippen molar-refractivity contribution in [2.24, 2.45) is 0 Å². The van der Waals surface area contributed by atoms with Crippen LogP contribution in [-0.4, -0.2) is 44.3 Å². The molecule has 140 valence electrons. The largest absolute Gasteiger partial charge is 0.303 e. The third-order valence-electron chi connectivity index (χ3n) is 5.58. The molecule has 26 heavy (non-hydrogen) atoms. The number of likely N-dealkylation sites (N-methyl/N-ethyl adjacent to an activating group) is 1. The molecule has 0 spiro atoms. The summed E-state index contributed by atoms with van der Waals surface area (Å²) in [6.45, 7) is 9.76. The summed E-state index contributed by atoms with van der Waals surface area (Å²) in [7, 11) is -1.53. The lowest BCUT2D eigenvalue weighted by molar-refractivity contribution is 0.160. The van der Waals surface area contributed by atoms with Crippen LogP contribution in [0.4, 0.5) is 0 Å². The first-order chi connectivity index (χ1) is 12.2. The molecule has 1 heterocycles. The number of sulfonamides is 1. The van der Waals surface area contributed by atoms with Crippen LogP contribution < -0.4 is 0 Å². The molecule has 0 radical (unpaired) electrons. The molecule has 5 heteroatoms. The highest BCUT2D eigenvalue weighted by Gasteiger charge is 2.37. The molecule has 0 aromatic heterocycles. The minimum absolute atomic E-state index is 0.167. The van der Waals surface area contributed by atoms with Crippen LogP contribution in [0.5, 0.6) is 0 Å². The van der Waals surface area contributed by atoms with Crippen LogP contribution in [0, 0.1) is 27.7 Å². The zero-order chi connectivity index (χ0) is 19.1. The lowest BCUT2D eigenvalue weighted by Gasteiger charge is -2.40. The van der Waals surface area contributed by atoms with Crippen LogP contribution in [0.3, 0.4) is 0 Å². The molecular weight excluding hydrogens is 344 g/mol. The Bertz CT molecular complexity index is 881. The smallest absolute Gasteiger partial charge is 0.244 e. The highest BCUT2D eigenvalue weighted by Crippen LogP contribution is 2.35. The van der Waals surface area contributed by atoms with Gasteiger partial charge in [0.05, 0.1) is 10.9 Å². The fourth-order valence-corrected chi connectivity index (χ4v) is 6.00. The Balaban J connectivity index is 2.14. The summed E-state index contributed by atoms with van der Waals surface area (Å²) in [4.78, 5) is 2.69. The van der Waals surface area contributed by atoms with Crippen molar-refractivity contribution in [1.29, 1.82) is 0 Å². The van der Waals surface area contributed by atoms with Gasteiger partial charge in [-0.1, -0.05) is 36.4 Å². The molecule has 4 nitrogen and oxygen atoms in total. The molecule has 2 aromatic carbocycles. The molecule has 1 saturated heterocycles. The Morgan fingerprint density at radius 1 is 0.923 bits per heavy atom. The Labute approximate surface area is 157 Å².